The van der Waals surface area contributed by atoms with Crippen molar-refractivity contribution in [3.63, 3.8) is 0 Å². The predicted molar refractivity (Wildman–Crippen MR) is 80.0 cm³/mol. The number of tetrazole rings is 1. The molecule has 2 aliphatic rings. The summed E-state index contributed by atoms with van der Waals surface area (Å²) in [6.45, 7) is 3.57. The number of nitrogens with zero attached hydrogens (tertiary/aromatic N) is 5. The van der Waals surface area contributed by atoms with Crippen LogP contribution in [0.5, 0.6) is 0 Å². The Hall–Kier alpha value is -1.99. The molecule has 2 heterocycles. The number of likely N-dealkylation sites (tertiary alicyclic amines) is 1. The third kappa shape index (κ3) is 3.68. The zero-order chi connectivity index (χ0) is 16.3. The predicted octanol–water partition coefficient (Wildman–Crippen LogP) is 0.645. The Morgan fingerprint density at radius 3 is 2.61 bits per heavy atom. The second-order valence-electron chi connectivity index (χ2n) is 6.54. The molecule has 1 aliphatic heterocycles. The van der Waals surface area contributed by atoms with Crippen LogP contribution in [0, 0.1) is 11.3 Å². The number of rotatable bonds is 6. The summed E-state index contributed by atoms with van der Waals surface area (Å²) in [5.74, 6) is 0.559. The molecule has 0 bridgehead atoms. The van der Waals surface area contributed by atoms with E-state index in [4.69, 9.17) is 4.74 Å². The highest BCUT2D eigenvalue weighted by Crippen LogP contribution is 2.46. The summed E-state index contributed by atoms with van der Waals surface area (Å²) in [5, 5.41) is 10.8. The van der Waals surface area contributed by atoms with Crippen LogP contribution in [0.2, 0.25) is 0 Å². The van der Waals surface area contributed by atoms with Crippen molar-refractivity contribution < 1.29 is 14.3 Å². The first-order valence-corrected chi connectivity index (χ1v) is 8.29. The van der Waals surface area contributed by atoms with Gasteiger partial charge in [-0.25, -0.2) is 4.68 Å². The molecule has 8 nitrogen and oxygen atoms in total. The summed E-state index contributed by atoms with van der Waals surface area (Å²) >= 11 is 0. The van der Waals surface area contributed by atoms with E-state index >= 15 is 0 Å². The Balaban J connectivity index is 1.59. The molecule has 126 valence electrons. The van der Waals surface area contributed by atoms with Crippen LogP contribution >= 0.6 is 0 Å². The van der Waals surface area contributed by atoms with Gasteiger partial charge >= 0.3 is 5.97 Å². The fraction of sp³-hybridized carbons (Fsp3) is 0.800. The van der Waals surface area contributed by atoms with Gasteiger partial charge in [0.15, 0.2) is 0 Å². The van der Waals surface area contributed by atoms with Gasteiger partial charge in [0, 0.05) is 13.1 Å². The molecule has 1 aliphatic carbocycles. The maximum atomic E-state index is 12.5. The number of amides is 1. The van der Waals surface area contributed by atoms with Crippen LogP contribution in [-0.2, 0) is 20.9 Å². The Bertz CT molecular complexity index is 547. The second kappa shape index (κ2) is 6.64. The number of hydrogen-bond donors (Lipinski definition) is 0. The quantitative estimate of drug-likeness (QED) is 0.714. The smallest absolute Gasteiger partial charge is 0.312 e. The number of esters is 1. The van der Waals surface area contributed by atoms with Crippen molar-refractivity contribution in [2.24, 2.45) is 11.3 Å². The van der Waals surface area contributed by atoms with E-state index in [1.165, 1.54) is 23.9 Å². The monoisotopic (exact) mass is 321 g/mol. The topological polar surface area (TPSA) is 90.2 Å². The average Bonchev–Trinajstić information content (AvgIpc) is 3.21. The number of aromatic nitrogens is 4. The number of hydrogen-bond acceptors (Lipinski definition) is 6. The lowest BCUT2D eigenvalue weighted by molar-refractivity contribution is -0.161. The van der Waals surface area contributed by atoms with Crippen molar-refractivity contribution in [3.05, 3.63) is 6.33 Å². The summed E-state index contributed by atoms with van der Waals surface area (Å²) < 4.78 is 6.74. The highest BCUT2D eigenvalue weighted by molar-refractivity contribution is 5.79. The van der Waals surface area contributed by atoms with Crippen molar-refractivity contribution in [2.75, 3.05) is 19.7 Å². The highest BCUT2D eigenvalue weighted by atomic mass is 16.5. The van der Waals surface area contributed by atoms with E-state index in [1.807, 2.05) is 6.92 Å². The molecule has 0 aromatic carbocycles. The Morgan fingerprint density at radius 1 is 1.30 bits per heavy atom. The second-order valence-corrected chi connectivity index (χ2v) is 6.54. The zero-order valence-corrected chi connectivity index (χ0v) is 13.5. The van der Waals surface area contributed by atoms with Gasteiger partial charge in [-0.15, -0.1) is 5.10 Å². The fourth-order valence-corrected chi connectivity index (χ4v) is 3.33. The minimum Gasteiger partial charge on any atom is -0.466 e. The normalized spacial score (nSPS) is 20.3. The third-order valence-electron chi connectivity index (χ3n) is 4.85. The molecule has 1 saturated heterocycles. The van der Waals surface area contributed by atoms with Gasteiger partial charge in [-0.1, -0.05) is 12.8 Å². The van der Waals surface area contributed by atoms with Crippen molar-refractivity contribution >= 4 is 11.9 Å². The molecule has 0 unspecified atom stereocenters. The molecule has 3 rings (SSSR count). The molecule has 1 amide bonds. The molecular formula is C15H23N5O3. The lowest BCUT2D eigenvalue weighted by Crippen LogP contribution is -2.48. The molecule has 0 radical (unpaired) electrons. The lowest BCUT2D eigenvalue weighted by atomic mass is 9.74. The van der Waals surface area contributed by atoms with Crippen LogP contribution in [0.25, 0.3) is 0 Å². The summed E-state index contributed by atoms with van der Waals surface area (Å²) in [6, 6.07) is 0. The van der Waals surface area contributed by atoms with Crippen LogP contribution < -0.4 is 0 Å². The van der Waals surface area contributed by atoms with E-state index in [9.17, 15) is 9.59 Å². The molecule has 23 heavy (non-hydrogen) atoms. The summed E-state index contributed by atoms with van der Waals surface area (Å²) in [7, 11) is 0. The molecule has 1 aromatic rings. The average molecular weight is 321 g/mol. The third-order valence-corrected chi connectivity index (χ3v) is 4.85. The molecule has 0 N–H and O–H groups in total. The van der Waals surface area contributed by atoms with Crippen LogP contribution in [0.15, 0.2) is 6.33 Å². The van der Waals surface area contributed by atoms with Gasteiger partial charge in [-0.05, 0) is 42.5 Å². The molecule has 8 heteroatoms. The first-order chi connectivity index (χ1) is 11.1. The number of carbonyl (C=O) groups is 2. The number of piperidine rings is 1. The molecule has 2 fully saturated rings. The van der Waals surface area contributed by atoms with Crippen LogP contribution in [0.4, 0.5) is 0 Å². The van der Waals surface area contributed by atoms with E-state index in [-0.39, 0.29) is 18.4 Å². The van der Waals surface area contributed by atoms with Gasteiger partial charge in [0.05, 0.1) is 12.0 Å². The van der Waals surface area contributed by atoms with Gasteiger partial charge in [-0.2, -0.15) is 0 Å². The standard InChI is InChI=1S/C15H23N5O3/c1-2-23-14(22)15(9-12-3-4-12)5-7-19(8-6-15)13(21)10-20-11-16-17-18-20/h11-12H,2-10H2,1H3. The fourth-order valence-electron chi connectivity index (χ4n) is 3.33. The van der Waals surface area contributed by atoms with E-state index in [2.05, 4.69) is 15.5 Å². The van der Waals surface area contributed by atoms with Crippen molar-refractivity contribution in [1.82, 2.24) is 25.1 Å². The molecule has 0 spiro atoms. The summed E-state index contributed by atoms with van der Waals surface area (Å²) in [6.07, 6.45) is 6.12. The van der Waals surface area contributed by atoms with Gasteiger partial charge in [0.25, 0.3) is 0 Å². The summed E-state index contributed by atoms with van der Waals surface area (Å²) in [4.78, 5) is 26.6. The Labute approximate surface area is 135 Å². The van der Waals surface area contributed by atoms with Crippen LogP contribution in [0.1, 0.15) is 39.0 Å². The van der Waals surface area contributed by atoms with Crippen molar-refractivity contribution in [3.8, 4) is 0 Å². The van der Waals surface area contributed by atoms with Crippen LogP contribution in [0.3, 0.4) is 0 Å². The van der Waals surface area contributed by atoms with Crippen molar-refractivity contribution in [2.45, 2.75) is 45.6 Å². The van der Waals surface area contributed by atoms with Gasteiger partial charge < -0.3 is 9.64 Å². The Morgan fingerprint density at radius 2 is 2.04 bits per heavy atom. The van der Waals surface area contributed by atoms with E-state index in [0.29, 0.717) is 38.5 Å². The van der Waals surface area contributed by atoms with Crippen LogP contribution in [-0.4, -0.2) is 56.7 Å². The molecule has 0 atom stereocenters. The minimum absolute atomic E-state index is 0.0128. The molecule has 1 saturated carbocycles. The van der Waals surface area contributed by atoms with E-state index in [0.717, 1.165) is 6.42 Å². The first kappa shape index (κ1) is 15.9. The van der Waals surface area contributed by atoms with Gasteiger partial charge in [-0.3, -0.25) is 9.59 Å². The zero-order valence-electron chi connectivity index (χ0n) is 13.5. The largest absolute Gasteiger partial charge is 0.466 e. The highest BCUT2D eigenvalue weighted by Gasteiger charge is 2.46. The number of ether oxygens (including phenoxy) is 1. The van der Waals surface area contributed by atoms with Gasteiger partial charge in [0.2, 0.25) is 5.91 Å². The maximum Gasteiger partial charge on any atom is 0.312 e. The minimum atomic E-state index is -0.400. The summed E-state index contributed by atoms with van der Waals surface area (Å²) in [5.41, 5.74) is -0.400. The maximum absolute atomic E-state index is 12.5. The van der Waals surface area contributed by atoms with E-state index < -0.39 is 5.41 Å². The molecular weight excluding hydrogens is 298 g/mol. The molecule has 1 aromatic heterocycles. The van der Waals surface area contributed by atoms with Crippen molar-refractivity contribution in [1.29, 1.82) is 0 Å². The lowest BCUT2D eigenvalue weighted by Gasteiger charge is -2.40. The Kier molecular flexibility index (Phi) is 4.58. The number of carbonyl (C=O) groups excluding carboxylic acids is 2. The van der Waals surface area contributed by atoms with E-state index in [1.54, 1.807) is 4.90 Å². The first-order valence-electron chi connectivity index (χ1n) is 8.29. The van der Waals surface area contributed by atoms with Gasteiger partial charge in [0.1, 0.15) is 12.9 Å². The SMILES string of the molecule is CCOC(=O)C1(CC2CC2)CCN(C(=O)Cn2cnnn2)CC1.